The molecule has 112 valence electrons. The van der Waals surface area contributed by atoms with Crippen molar-refractivity contribution >= 4 is 5.97 Å². The van der Waals surface area contributed by atoms with E-state index in [1.807, 2.05) is 13.8 Å². The van der Waals surface area contributed by atoms with Crippen LogP contribution < -0.4 is 0 Å². The van der Waals surface area contributed by atoms with Gasteiger partial charge in [-0.1, -0.05) is 11.6 Å². The molecule has 1 saturated carbocycles. The van der Waals surface area contributed by atoms with E-state index in [4.69, 9.17) is 4.74 Å². The van der Waals surface area contributed by atoms with Crippen LogP contribution in [0.1, 0.15) is 47.0 Å². The van der Waals surface area contributed by atoms with Gasteiger partial charge in [-0.25, -0.2) is 0 Å². The Balaban J connectivity index is 2.19. The van der Waals surface area contributed by atoms with E-state index < -0.39 is 5.60 Å². The van der Waals surface area contributed by atoms with Gasteiger partial charge in [-0.05, 0) is 51.9 Å². The highest BCUT2D eigenvalue weighted by Crippen LogP contribution is 2.62. The maximum atomic E-state index is 11.2. The summed E-state index contributed by atoms with van der Waals surface area (Å²) in [4.78, 5) is 22.1. The van der Waals surface area contributed by atoms with Gasteiger partial charge in [0.25, 0.3) is 0 Å². The number of ether oxygens (including phenoxy) is 1. The van der Waals surface area contributed by atoms with Crippen molar-refractivity contribution in [2.75, 3.05) is 6.54 Å². The van der Waals surface area contributed by atoms with Crippen molar-refractivity contribution in [3.63, 3.8) is 0 Å². The van der Waals surface area contributed by atoms with Crippen LogP contribution in [0.25, 0.3) is 0 Å². The summed E-state index contributed by atoms with van der Waals surface area (Å²) in [5.74, 6) is 0.492. The Morgan fingerprint density at radius 2 is 2.25 bits per heavy atom. The zero-order valence-corrected chi connectivity index (χ0v) is 12.6. The fourth-order valence-corrected chi connectivity index (χ4v) is 4.58. The van der Waals surface area contributed by atoms with Crippen LogP contribution in [0.4, 0.5) is 0 Å². The second-order valence-electron chi connectivity index (χ2n) is 7.01. The Hall–Kier alpha value is -1.39. The summed E-state index contributed by atoms with van der Waals surface area (Å²) in [7, 11) is 0. The van der Waals surface area contributed by atoms with Gasteiger partial charge in [0.2, 0.25) is 6.54 Å². The minimum Gasteiger partial charge on any atom is -0.460 e. The number of hydrogen-bond acceptors (Lipinski definition) is 4. The Morgan fingerprint density at radius 1 is 1.60 bits per heavy atom. The fourth-order valence-electron chi connectivity index (χ4n) is 4.58. The zero-order chi connectivity index (χ0) is 15.1. The average Bonchev–Trinajstić information content (AvgIpc) is 2.49. The van der Waals surface area contributed by atoms with Gasteiger partial charge >= 0.3 is 5.97 Å². The summed E-state index contributed by atoms with van der Waals surface area (Å²) in [6.07, 6.45) is 4.64. The van der Waals surface area contributed by atoms with Crippen molar-refractivity contribution in [1.29, 1.82) is 0 Å². The van der Waals surface area contributed by atoms with Crippen LogP contribution in [0.3, 0.4) is 0 Å². The van der Waals surface area contributed by atoms with Crippen molar-refractivity contribution in [2.45, 2.75) is 52.6 Å². The van der Waals surface area contributed by atoms with Gasteiger partial charge in [0.05, 0.1) is 0 Å². The number of hydrogen-bond donors (Lipinski definition) is 0. The first-order valence-corrected chi connectivity index (χ1v) is 7.13. The van der Waals surface area contributed by atoms with Crippen molar-refractivity contribution in [3.8, 4) is 0 Å². The molecular formula is C15H23NO4. The Kier molecular flexibility index (Phi) is 3.65. The Morgan fingerprint density at radius 3 is 2.75 bits per heavy atom. The molecule has 20 heavy (non-hydrogen) atoms. The summed E-state index contributed by atoms with van der Waals surface area (Å²) >= 11 is 0. The van der Waals surface area contributed by atoms with Gasteiger partial charge in [0, 0.05) is 17.3 Å². The maximum absolute atomic E-state index is 11.2. The molecule has 0 aromatic heterocycles. The van der Waals surface area contributed by atoms with E-state index in [0.717, 1.165) is 12.8 Å². The molecule has 0 unspecified atom stereocenters. The molecule has 0 aromatic carbocycles. The molecule has 2 rings (SSSR count). The quantitative estimate of drug-likeness (QED) is 0.336. The molecule has 0 amide bonds. The molecule has 0 aromatic rings. The van der Waals surface area contributed by atoms with Gasteiger partial charge in [-0.2, -0.15) is 0 Å². The lowest BCUT2D eigenvalue weighted by molar-refractivity contribution is -0.507. The molecule has 3 atom stereocenters. The summed E-state index contributed by atoms with van der Waals surface area (Å²) in [6, 6.07) is 0. The van der Waals surface area contributed by atoms with Crippen LogP contribution in [0, 0.1) is 27.4 Å². The Bertz CT molecular complexity index is 468. The number of allylic oxidation sites excluding steroid dienone is 2. The lowest BCUT2D eigenvalue weighted by Crippen LogP contribution is -2.54. The van der Waals surface area contributed by atoms with Crippen LogP contribution in [-0.2, 0) is 9.53 Å². The van der Waals surface area contributed by atoms with Crippen molar-refractivity contribution in [2.24, 2.45) is 17.3 Å². The summed E-state index contributed by atoms with van der Waals surface area (Å²) in [5.41, 5.74) is 0.251. The van der Waals surface area contributed by atoms with Gasteiger partial charge < -0.3 is 4.74 Å². The molecule has 2 aliphatic carbocycles. The van der Waals surface area contributed by atoms with Crippen molar-refractivity contribution in [1.82, 2.24) is 0 Å². The molecular weight excluding hydrogens is 258 g/mol. The summed E-state index contributed by atoms with van der Waals surface area (Å²) < 4.78 is 5.35. The molecule has 2 aliphatic rings. The van der Waals surface area contributed by atoms with Crippen LogP contribution >= 0.6 is 0 Å². The lowest BCUT2D eigenvalue weighted by atomic mass is 9.50. The van der Waals surface area contributed by atoms with E-state index in [0.29, 0.717) is 12.3 Å². The predicted octanol–water partition coefficient (Wildman–Crippen LogP) is 2.97. The Labute approximate surface area is 119 Å². The second kappa shape index (κ2) is 4.86. The van der Waals surface area contributed by atoms with Gasteiger partial charge in [-0.3, -0.25) is 14.9 Å². The minimum absolute atomic E-state index is 0.0377. The molecule has 0 aliphatic heterocycles. The highest BCUT2D eigenvalue weighted by molar-refractivity contribution is 5.66. The third kappa shape index (κ3) is 2.72. The molecule has 5 heteroatoms. The topological polar surface area (TPSA) is 69.4 Å². The van der Waals surface area contributed by atoms with Gasteiger partial charge in [0.1, 0.15) is 5.60 Å². The van der Waals surface area contributed by atoms with E-state index in [-0.39, 0.29) is 28.8 Å². The van der Waals surface area contributed by atoms with Crippen LogP contribution in [-0.4, -0.2) is 23.0 Å². The number of fused-ring (bicyclic) bond motifs is 1. The van der Waals surface area contributed by atoms with Crippen LogP contribution in [0.5, 0.6) is 0 Å². The number of nitrogens with zero attached hydrogens (tertiary/aromatic N) is 1. The molecule has 0 radical (unpaired) electrons. The van der Waals surface area contributed by atoms with Crippen molar-refractivity contribution < 1.29 is 14.5 Å². The third-order valence-electron chi connectivity index (χ3n) is 4.67. The number of carbonyl (C=O) groups is 1. The first-order chi connectivity index (χ1) is 9.15. The molecule has 0 bridgehead atoms. The zero-order valence-electron chi connectivity index (χ0n) is 12.6. The van der Waals surface area contributed by atoms with E-state index in [2.05, 4.69) is 13.0 Å². The average molecular weight is 281 g/mol. The molecule has 0 heterocycles. The first-order valence-electron chi connectivity index (χ1n) is 7.13. The van der Waals surface area contributed by atoms with Crippen molar-refractivity contribution in [3.05, 3.63) is 21.8 Å². The van der Waals surface area contributed by atoms with E-state index in [1.165, 1.54) is 12.5 Å². The highest BCUT2D eigenvalue weighted by Gasteiger charge is 2.60. The molecule has 1 fully saturated rings. The van der Waals surface area contributed by atoms with E-state index in [9.17, 15) is 14.9 Å². The van der Waals surface area contributed by atoms with Gasteiger partial charge in [-0.15, -0.1) is 0 Å². The SMILES string of the molecule is CC(=O)OC(C)(C)C[C@]1(C[N+](=O)[O-])C[C@@H]2CC=C(C)[C@@H]21. The van der Waals surface area contributed by atoms with E-state index in [1.54, 1.807) is 0 Å². The normalized spacial score (nSPS) is 32.1. The predicted molar refractivity (Wildman–Crippen MR) is 74.7 cm³/mol. The summed E-state index contributed by atoms with van der Waals surface area (Å²) in [5, 5.41) is 11.1. The van der Waals surface area contributed by atoms with Crippen LogP contribution in [0.15, 0.2) is 11.6 Å². The maximum Gasteiger partial charge on any atom is 0.303 e. The molecule has 0 N–H and O–H groups in total. The monoisotopic (exact) mass is 281 g/mol. The highest BCUT2D eigenvalue weighted by atomic mass is 16.6. The minimum atomic E-state index is -0.657. The number of carbonyl (C=O) groups excluding carboxylic acids is 1. The number of esters is 1. The molecule has 0 saturated heterocycles. The molecule has 5 nitrogen and oxygen atoms in total. The fraction of sp³-hybridized carbons (Fsp3) is 0.800. The number of nitro groups is 1. The standard InChI is InChI=1S/C15H23NO4/c1-10-5-6-12-7-15(13(10)12,9-16(18)19)8-14(3,4)20-11(2)17/h5,12-13H,6-9H2,1-4H3/t12-,13-,15-/m0/s1. The van der Waals surface area contributed by atoms with E-state index >= 15 is 0 Å². The number of rotatable bonds is 5. The lowest BCUT2D eigenvalue weighted by Gasteiger charge is -2.53. The van der Waals surface area contributed by atoms with Gasteiger partial charge in [0.15, 0.2) is 0 Å². The molecule has 0 spiro atoms. The third-order valence-corrected chi connectivity index (χ3v) is 4.67. The van der Waals surface area contributed by atoms with Crippen LogP contribution in [0.2, 0.25) is 0 Å². The smallest absolute Gasteiger partial charge is 0.303 e. The summed E-state index contributed by atoms with van der Waals surface area (Å²) in [6.45, 7) is 7.10. The largest absolute Gasteiger partial charge is 0.460 e. The second-order valence-corrected chi connectivity index (χ2v) is 7.01. The first kappa shape index (κ1) is 15.0.